The summed E-state index contributed by atoms with van der Waals surface area (Å²) in [5, 5.41) is 2.61. The molecule has 136 valence electrons. The predicted molar refractivity (Wildman–Crippen MR) is 106 cm³/mol. The fraction of sp³-hybridized carbons (Fsp3) is 0.714. The minimum Gasteiger partial charge on any atom is -0.469 e. The van der Waals surface area contributed by atoms with Gasteiger partial charge in [-0.1, -0.05) is 101 Å². The Hall–Kier alpha value is -0.488. The van der Waals surface area contributed by atoms with Gasteiger partial charge in [-0.2, -0.15) is 0 Å². The molecular weight excluding hydrogens is 311 g/mol. The molecule has 2 nitrogen and oxygen atoms in total. The van der Waals surface area contributed by atoms with Crippen molar-refractivity contribution in [2.75, 3.05) is 0 Å². The van der Waals surface area contributed by atoms with Crippen molar-refractivity contribution < 1.29 is 8.53 Å². The van der Waals surface area contributed by atoms with Crippen LogP contribution in [0.1, 0.15) is 78.6 Å². The molecule has 0 heterocycles. The number of rotatable bonds is 15. The van der Waals surface area contributed by atoms with E-state index in [1.54, 1.807) is 0 Å². The van der Waals surface area contributed by atoms with Crippen LogP contribution in [0.4, 0.5) is 0 Å². The van der Waals surface area contributed by atoms with Crippen LogP contribution in [0, 0.1) is 0 Å². The van der Waals surface area contributed by atoms with E-state index >= 15 is 0 Å². The highest BCUT2D eigenvalue weighted by molar-refractivity contribution is 6.51. The Labute approximate surface area is 154 Å². The first-order valence-electron chi connectivity index (χ1n) is 10.2. The summed E-state index contributed by atoms with van der Waals surface area (Å²) in [4.78, 5) is 0. The zero-order chi connectivity index (χ0) is 17.5. The third-order valence-electron chi connectivity index (χ3n) is 4.45. The van der Waals surface area contributed by atoms with Crippen LogP contribution in [0.5, 0.6) is 5.75 Å². The van der Waals surface area contributed by atoms with Crippen LogP contribution in [0.25, 0.3) is 0 Å². The van der Waals surface area contributed by atoms with Crippen LogP contribution in [0.3, 0.4) is 0 Å². The molecule has 1 aromatic carbocycles. The van der Waals surface area contributed by atoms with E-state index in [1.165, 1.54) is 61.9 Å². The van der Waals surface area contributed by atoms with Crippen LogP contribution in [0.2, 0.25) is 10.6 Å². The normalized spacial score (nSPS) is 12.1. The van der Waals surface area contributed by atoms with E-state index in [0.29, 0.717) is 0 Å². The van der Waals surface area contributed by atoms with Crippen molar-refractivity contribution in [1.82, 2.24) is 0 Å². The van der Waals surface area contributed by atoms with E-state index in [9.17, 15) is 0 Å². The minimum atomic E-state index is -1.16. The van der Waals surface area contributed by atoms with Gasteiger partial charge in [-0.15, -0.1) is 0 Å². The van der Waals surface area contributed by atoms with E-state index < -0.39 is 14.5 Å². The molecule has 0 saturated carbocycles. The molecule has 0 aliphatic carbocycles. The van der Waals surface area contributed by atoms with E-state index in [-0.39, 0.29) is 6.29 Å². The molecule has 0 fully saturated rings. The van der Waals surface area contributed by atoms with Crippen LogP contribution in [-0.4, -0.2) is 20.8 Å². The lowest BCUT2D eigenvalue weighted by atomic mass is 10.2. The Morgan fingerprint density at radius 3 is 1.88 bits per heavy atom. The Balaban J connectivity index is 2.45. The molecule has 0 spiro atoms. The summed E-state index contributed by atoms with van der Waals surface area (Å²) < 4.78 is 12.5. The maximum Gasteiger partial charge on any atom is 0.463 e. The Morgan fingerprint density at radius 2 is 1.38 bits per heavy atom. The van der Waals surface area contributed by atoms with Crippen LogP contribution in [0.15, 0.2) is 30.3 Å². The van der Waals surface area contributed by atoms with Crippen LogP contribution < -0.4 is 4.74 Å². The van der Waals surface area contributed by atoms with Crippen molar-refractivity contribution in [1.29, 1.82) is 0 Å². The fourth-order valence-electron chi connectivity index (χ4n) is 2.95. The minimum absolute atomic E-state index is 0.0681. The quantitative estimate of drug-likeness (QED) is 0.193. The highest BCUT2D eigenvalue weighted by atomic mass is 27.2. The molecule has 0 amide bonds. The van der Waals surface area contributed by atoms with Crippen molar-refractivity contribution in [2.45, 2.75) is 95.4 Å². The van der Waals surface area contributed by atoms with Gasteiger partial charge in [-0.3, -0.25) is 0 Å². The van der Waals surface area contributed by atoms with E-state index in [2.05, 4.69) is 20.8 Å². The van der Waals surface area contributed by atoms with Gasteiger partial charge in [0.15, 0.2) is 6.29 Å². The number of benzene rings is 1. The highest BCUT2D eigenvalue weighted by Gasteiger charge is 2.24. The highest BCUT2D eigenvalue weighted by Crippen LogP contribution is 2.19. The molecule has 1 atom stereocenters. The topological polar surface area (TPSA) is 18.5 Å². The summed E-state index contributed by atoms with van der Waals surface area (Å²) in [6.45, 7) is 6.71. The van der Waals surface area contributed by atoms with Crippen molar-refractivity contribution in [3.05, 3.63) is 30.3 Å². The molecule has 0 saturated heterocycles. The van der Waals surface area contributed by atoms with Crippen molar-refractivity contribution in [2.24, 2.45) is 0 Å². The Morgan fingerprint density at radius 1 is 0.792 bits per heavy atom. The maximum atomic E-state index is 6.48. The standard InChI is InChI=1S/C9H11O2.2C6H13.Al/c1-2-9(10)11-8-6-4-3-5-7-8;2*1-3-5-6-4-2;/h3-7,9H,2H2,1H3;2*1,3-6H2,2H3;/q-1;;;+1. The van der Waals surface area contributed by atoms with Crippen LogP contribution >= 0.6 is 0 Å². The number of unbranched alkanes of at least 4 members (excludes halogenated alkanes) is 6. The number of hydrogen-bond donors (Lipinski definition) is 0. The fourth-order valence-corrected chi connectivity index (χ4v) is 5.68. The molecule has 0 bridgehead atoms. The Bertz CT molecular complexity index is 371. The lowest BCUT2D eigenvalue weighted by molar-refractivity contribution is -0.000351. The molecule has 1 aromatic rings. The van der Waals surface area contributed by atoms with Gasteiger partial charge in [-0.05, 0) is 12.1 Å². The first kappa shape index (κ1) is 21.6. The first-order chi connectivity index (χ1) is 11.8. The summed E-state index contributed by atoms with van der Waals surface area (Å²) in [7, 11) is 0. The second-order valence-corrected chi connectivity index (χ2v) is 9.40. The Kier molecular flexibility index (Phi) is 13.3. The van der Waals surface area contributed by atoms with Gasteiger partial charge in [0.2, 0.25) is 0 Å². The molecule has 0 N–H and O–H groups in total. The largest absolute Gasteiger partial charge is 0.469 e. The molecule has 0 aliphatic heterocycles. The van der Waals surface area contributed by atoms with E-state index in [0.717, 1.165) is 12.2 Å². The molecule has 0 aliphatic rings. The van der Waals surface area contributed by atoms with E-state index in [1.807, 2.05) is 30.3 Å². The van der Waals surface area contributed by atoms with Gasteiger partial charge < -0.3 is 8.53 Å². The summed E-state index contributed by atoms with van der Waals surface area (Å²) in [6, 6.07) is 10.1. The maximum absolute atomic E-state index is 6.48. The summed E-state index contributed by atoms with van der Waals surface area (Å²) in [6.07, 6.45) is 11.5. The molecule has 3 heteroatoms. The summed E-state index contributed by atoms with van der Waals surface area (Å²) in [5.41, 5.74) is 0. The van der Waals surface area contributed by atoms with E-state index in [4.69, 9.17) is 8.53 Å². The number of hydrogen-bond acceptors (Lipinski definition) is 2. The lowest BCUT2D eigenvalue weighted by Gasteiger charge is -2.23. The summed E-state index contributed by atoms with van der Waals surface area (Å²) in [5.74, 6) is 0.925. The van der Waals surface area contributed by atoms with Gasteiger partial charge in [-0.25, -0.2) is 0 Å². The van der Waals surface area contributed by atoms with Crippen LogP contribution in [-0.2, 0) is 3.79 Å². The van der Waals surface area contributed by atoms with Gasteiger partial charge in [0, 0.05) is 6.42 Å². The summed E-state index contributed by atoms with van der Waals surface area (Å²) >= 11 is -1.16. The predicted octanol–water partition coefficient (Wildman–Crippen LogP) is 6.97. The second-order valence-electron chi connectivity index (χ2n) is 6.73. The smallest absolute Gasteiger partial charge is 0.463 e. The SMILES string of the molecule is CCCCC[CH2][Al]([CH2]CCCCC)[O]C(CC)Oc1ccccc1. The van der Waals surface area contributed by atoms with Gasteiger partial charge in [0.05, 0.1) is 0 Å². The van der Waals surface area contributed by atoms with Crippen molar-refractivity contribution in [3.63, 3.8) is 0 Å². The van der Waals surface area contributed by atoms with Crippen molar-refractivity contribution in [3.8, 4) is 5.75 Å². The zero-order valence-electron chi connectivity index (χ0n) is 16.1. The zero-order valence-corrected chi connectivity index (χ0v) is 17.3. The molecule has 24 heavy (non-hydrogen) atoms. The number of para-hydroxylation sites is 1. The molecule has 0 aromatic heterocycles. The van der Waals surface area contributed by atoms with Gasteiger partial charge in [0.25, 0.3) is 0 Å². The second kappa shape index (κ2) is 14.8. The average Bonchev–Trinajstić information content (AvgIpc) is 2.62. The lowest BCUT2D eigenvalue weighted by Crippen LogP contribution is -2.29. The van der Waals surface area contributed by atoms with Gasteiger partial charge >= 0.3 is 14.5 Å². The molecular formula is C21H37AlO2. The third-order valence-corrected chi connectivity index (χ3v) is 7.24. The van der Waals surface area contributed by atoms with Gasteiger partial charge in [0.1, 0.15) is 5.75 Å². The molecule has 1 unspecified atom stereocenters. The molecule has 0 radical (unpaired) electrons. The first-order valence-corrected chi connectivity index (χ1v) is 12.3. The average molecular weight is 349 g/mol. The van der Waals surface area contributed by atoms with Crippen molar-refractivity contribution >= 4 is 14.5 Å². The number of ether oxygens (including phenoxy) is 1. The molecule has 1 rings (SSSR count). The third kappa shape index (κ3) is 10.4. The monoisotopic (exact) mass is 348 g/mol.